The van der Waals surface area contributed by atoms with Crippen LogP contribution in [0.3, 0.4) is 0 Å². The van der Waals surface area contributed by atoms with E-state index in [1.165, 1.54) is 5.57 Å². The molecule has 5 nitrogen and oxygen atoms in total. The first-order valence-electron chi connectivity index (χ1n) is 6.54. The molecule has 0 fully saturated rings. The molecule has 1 aromatic carbocycles. The molecule has 102 valence electrons. The number of nitro benzene ring substituents is 1. The van der Waals surface area contributed by atoms with E-state index < -0.39 is 0 Å². The summed E-state index contributed by atoms with van der Waals surface area (Å²) in [5.41, 5.74) is 3.32. The van der Waals surface area contributed by atoms with Crippen LogP contribution < -0.4 is 10.6 Å². The average Bonchev–Trinajstić information content (AvgIpc) is 2.39. The third-order valence-corrected chi connectivity index (χ3v) is 3.21. The zero-order valence-corrected chi connectivity index (χ0v) is 11.1. The highest BCUT2D eigenvalue weighted by Crippen LogP contribution is 2.20. The summed E-state index contributed by atoms with van der Waals surface area (Å²) < 4.78 is 0. The summed E-state index contributed by atoms with van der Waals surface area (Å²) in [6, 6.07) is 5.11. The maximum Gasteiger partial charge on any atom is 0.271 e. The zero-order valence-electron chi connectivity index (χ0n) is 11.1. The lowest BCUT2D eigenvalue weighted by molar-refractivity contribution is -0.384. The van der Waals surface area contributed by atoms with Gasteiger partial charge < -0.3 is 10.6 Å². The number of nitrogens with zero attached hydrogens (tertiary/aromatic N) is 1. The first kappa shape index (κ1) is 13.5. The number of anilines is 1. The quantitative estimate of drug-likeness (QED) is 0.486. The lowest BCUT2D eigenvalue weighted by atomic mass is 10.1. The van der Waals surface area contributed by atoms with Crippen LogP contribution in [0.5, 0.6) is 0 Å². The lowest BCUT2D eigenvalue weighted by Gasteiger charge is -2.14. The van der Waals surface area contributed by atoms with E-state index in [0.717, 1.165) is 43.7 Å². The van der Waals surface area contributed by atoms with Crippen LogP contribution in [0.25, 0.3) is 0 Å². The number of benzene rings is 1. The Balaban J connectivity index is 1.92. The van der Waals surface area contributed by atoms with Crippen molar-refractivity contribution in [2.24, 2.45) is 0 Å². The highest BCUT2D eigenvalue weighted by atomic mass is 16.6. The molecule has 1 aromatic rings. The molecule has 5 heteroatoms. The van der Waals surface area contributed by atoms with Gasteiger partial charge in [-0.05, 0) is 37.9 Å². The molecule has 2 rings (SSSR count). The number of nitrogens with one attached hydrogen (secondary N) is 2. The van der Waals surface area contributed by atoms with E-state index in [1.807, 2.05) is 13.0 Å². The molecule has 0 aliphatic carbocycles. The van der Waals surface area contributed by atoms with Crippen molar-refractivity contribution in [3.05, 3.63) is 45.5 Å². The summed E-state index contributed by atoms with van der Waals surface area (Å²) in [6.45, 7) is 4.67. The van der Waals surface area contributed by atoms with Crippen molar-refractivity contribution >= 4 is 11.4 Å². The van der Waals surface area contributed by atoms with E-state index in [2.05, 4.69) is 16.7 Å². The van der Waals surface area contributed by atoms with Crippen molar-refractivity contribution in [2.45, 2.75) is 19.8 Å². The number of nitro groups is 1. The van der Waals surface area contributed by atoms with Gasteiger partial charge in [0, 0.05) is 30.9 Å². The molecular formula is C14H19N3O2. The van der Waals surface area contributed by atoms with Crippen LogP contribution in [0.2, 0.25) is 0 Å². The van der Waals surface area contributed by atoms with Crippen molar-refractivity contribution in [3.8, 4) is 0 Å². The molecule has 1 aliphatic rings. The summed E-state index contributed by atoms with van der Waals surface area (Å²) in [7, 11) is 0. The van der Waals surface area contributed by atoms with Crippen molar-refractivity contribution in [1.82, 2.24) is 5.32 Å². The van der Waals surface area contributed by atoms with Gasteiger partial charge in [0.15, 0.2) is 0 Å². The Bertz CT molecular complexity index is 497. The molecule has 0 amide bonds. The highest BCUT2D eigenvalue weighted by Gasteiger charge is 2.08. The molecule has 0 saturated heterocycles. The lowest BCUT2D eigenvalue weighted by Crippen LogP contribution is -2.21. The van der Waals surface area contributed by atoms with E-state index in [0.29, 0.717) is 0 Å². The fourth-order valence-electron chi connectivity index (χ4n) is 2.23. The summed E-state index contributed by atoms with van der Waals surface area (Å²) in [5, 5.41) is 17.3. The number of aryl methyl sites for hydroxylation is 1. The van der Waals surface area contributed by atoms with Gasteiger partial charge in [0.1, 0.15) is 0 Å². The van der Waals surface area contributed by atoms with Gasteiger partial charge in [0.25, 0.3) is 5.69 Å². The number of hydrogen-bond acceptors (Lipinski definition) is 4. The van der Waals surface area contributed by atoms with E-state index in [4.69, 9.17) is 0 Å². The van der Waals surface area contributed by atoms with E-state index in [1.54, 1.807) is 12.1 Å². The predicted octanol–water partition coefficient (Wildman–Crippen LogP) is 2.62. The van der Waals surface area contributed by atoms with Crippen LogP contribution >= 0.6 is 0 Å². The minimum absolute atomic E-state index is 0.142. The molecule has 0 saturated carbocycles. The minimum atomic E-state index is -0.354. The number of rotatable bonds is 5. The van der Waals surface area contributed by atoms with Crippen LogP contribution in [-0.2, 0) is 0 Å². The molecule has 0 bridgehead atoms. The van der Waals surface area contributed by atoms with Crippen molar-refractivity contribution < 1.29 is 4.92 Å². The third-order valence-electron chi connectivity index (χ3n) is 3.21. The standard InChI is InChI=1S/C14H19N3O2/c1-11-8-13(10-14(9-11)17(18)19)16-7-4-12-2-5-15-6-3-12/h2,8-10,15-16H,3-7H2,1H3. The molecule has 0 spiro atoms. The Morgan fingerprint density at radius 2 is 2.26 bits per heavy atom. The van der Waals surface area contributed by atoms with Crippen molar-refractivity contribution in [2.75, 3.05) is 25.0 Å². The van der Waals surface area contributed by atoms with Gasteiger partial charge in [-0.2, -0.15) is 0 Å². The maximum absolute atomic E-state index is 10.8. The first-order chi connectivity index (χ1) is 9.15. The Hall–Kier alpha value is -1.88. The molecule has 1 aliphatic heterocycles. The second-order valence-corrected chi connectivity index (χ2v) is 4.81. The smallest absolute Gasteiger partial charge is 0.271 e. The van der Waals surface area contributed by atoms with E-state index in [9.17, 15) is 10.1 Å². The van der Waals surface area contributed by atoms with E-state index >= 15 is 0 Å². The second kappa shape index (κ2) is 6.33. The van der Waals surface area contributed by atoms with Gasteiger partial charge in [0.05, 0.1) is 4.92 Å². The second-order valence-electron chi connectivity index (χ2n) is 4.81. The number of non-ortho nitro benzene ring substituents is 1. The van der Waals surface area contributed by atoms with Crippen LogP contribution in [0.4, 0.5) is 11.4 Å². The fourth-order valence-corrected chi connectivity index (χ4v) is 2.23. The van der Waals surface area contributed by atoms with E-state index in [-0.39, 0.29) is 10.6 Å². The molecule has 1 heterocycles. The van der Waals surface area contributed by atoms with Crippen LogP contribution in [0.1, 0.15) is 18.4 Å². The molecular weight excluding hydrogens is 242 g/mol. The summed E-state index contributed by atoms with van der Waals surface area (Å²) >= 11 is 0. The summed E-state index contributed by atoms with van der Waals surface area (Å²) in [6.07, 6.45) is 4.31. The first-order valence-corrected chi connectivity index (χ1v) is 6.54. The summed E-state index contributed by atoms with van der Waals surface area (Å²) in [5.74, 6) is 0. The molecule has 0 atom stereocenters. The Labute approximate surface area is 112 Å². The van der Waals surface area contributed by atoms with Crippen molar-refractivity contribution in [1.29, 1.82) is 0 Å². The summed E-state index contributed by atoms with van der Waals surface area (Å²) in [4.78, 5) is 10.4. The van der Waals surface area contributed by atoms with Gasteiger partial charge in [0.2, 0.25) is 0 Å². The molecule has 19 heavy (non-hydrogen) atoms. The Morgan fingerprint density at radius 3 is 2.95 bits per heavy atom. The monoisotopic (exact) mass is 261 g/mol. The fraction of sp³-hybridized carbons (Fsp3) is 0.429. The molecule has 0 unspecified atom stereocenters. The Morgan fingerprint density at radius 1 is 1.42 bits per heavy atom. The molecule has 0 aromatic heterocycles. The van der Waals surface area contributed by atoms with Crippen LogP contribution in [0, 0.1) is 17.0 Å². The molecule has 2 N–H and O–H groups in total. The van der Waals surface area contributed by atoms with Crippen molar-refractivity contribution in [3.63, 3.8) is 0 Å². The number of hydrogen-bond donors (Lipinski definition) is 2. The highest BCUT2D eigenvalue weighted by molar-refractivity contribution is 5.53. The largest absolute Gasteiger partial charge is 0.385 e. The van der Waals surface area contributed by atoms with Crippen LogP contribution in [-0.4, -0.2) is 24.6 Å². The Kier molecular flexibility index (Phi) is 4.52. The predicted molar refractivity (Wildman–Crippen MR) is 76.5 cm³/mol. The topological polar surface area (TPSA) is 67.2 Å². The average molecular weight is 261 g/mol. The SMILES string of the molecule is Cc1cc(NCCC2=CCNCC2)cc([N+](=O)[O-])c1. The van der Waals surface area contributed by atoms with Gasteiger partial charge in [-0.25, -0.2) is 0 Å². The van der Waals surface area contributed by atoms with Gasteiger partial charge in [-0.15, -0.1) is 0 Å². The third kappa shape index (κ3) is 4.06. The van der Waals surface area contributed by atoms with Gasteiger partial charge in [-0.1, -0.05) is 11.6 Å². The zero-order chi connectivity index (χ0) is 13.7. The normalized spacial score (nSPS) is 14.9. The van der Waals surface area contributed by atoms with Crippen LogP contribution in [0.15, 0.2) is 29.8 Å². The van der Waals surface area contributed by atoms with Gasteiger partial charge in [-0.3, -0.25) is 10.1 Å². The molecule has 0 radical (unpaired) electrons. The van der Waals surface area contributed by atoms with Gasteiger partial charge >= 0.3 is 0 Å². The maximum atomic E-state index is 10.8. The minimum Gasteiger partial charge on any atom is -0.385 e.